The number of imidazole rings is 1. The molecule has 2 aromatic rings. The number of benzene rings is 1. The number of rotatable bonds is 4. The maximum Gasteiger partial charge on any atom is 0.262 e. The Kier molecular flexibility index (Phi) is 4.62. The lowest BCUT2D eigenvalue weighted by atomic mass is 10.2. The van der Waals surface area contributed by atoms with E-state index < -0.39 is 10.0 Å². The molecule has 4 rings (SSSR count). The standard InChI is InChI=1S/C17H21N5O4S/c1-2-21-7-8-22(10-14(21)17-18-5-6-19-17)27(24,25)12-3-4-15-13(9-12)20-16(23)11-26-15/h3-6,9,14H,2,7-8,10-11H2,1H3,(H,18,19)(H,20,23)/t14-/m1/s1. The van der Waals surface area contributed by atoms with Crippen LogP contribution < -0.4 is 10.1 Å². The summed E-state index contributed by atoms with van der Waals surface area (Å²) in [5.41, 5.74) is 0.377. The molecule has 2 aliphatic rings. The van der Waals surface area contributed by atoms with Gasteiger partial charge in [0, 0.05) is 32.0 Å². The van der Waals surface area contributed by atoms with Gasteiger partial charge in [-0.1, -0.05) is 6.92 Å². The number of hydrogen-bond acceptors (Lipinski definition) is 6. The Balaban J connectivity index is 1.62. The summed E-state index contributed by atoms with van der Waals surface area (Å²) in [6.07, 6.45) is 3.41. The first-order chi connectivity index (χ1) is 13.0. The molecule has 2 N–H and O–H groups in total. The minimum atomic E-state index is -3.71. The van der Waals surface area contributed by atoms with E-state index in [1.807, 2.05) is 6.92 Å². The molecule has 0 bridgehead atoms. The molecule has 144 valence electrons. The van der Waals surface area contributed by atoms with Gasteiger partial charge in [-0.2, -0.15) is 4.31 Å². The highest BCUT2D eigenvalue weighted by Crippen LogP contribution is 2.33. The Morgan fingerprint density at radius 2 is 2.19 bits per heavy atom. The molecule has 0 spiro atoms. The van der Waals surface area contributed by atoms with Crippen molar-refractivity contribution in [1.29, 1.82) is 0 Å². The number of hydrogen-bond donors (Lipinski definition) is 2. The van der Waals surface area contributed by atoms with Gasteiger partial charge in [0.2, 0.25) is 10.0 Å². The molecule has 1 saturated heterocycles. The predicted octanol–water partition coefficient (Wildman–Crippen LogP) is 0.808. The Morgan fingerprint density at radius 1 is 1.33 bits per heavy atom. The van der Waals surface area contributed by atoms with Crippen molar-refractivity contribution in [1.82, 2.24) is 19.2 Å². The molecule has 0 aliphatic carbocycles. The first-order valence-corrected chi connectivity index (χ1v) is 10.2. The zero-order valence-electron chi connectivity index (χ0n) is 14.9. The number of aromatic amines is 1. The van der Waals surface area contributed by atoms with Crippen molar-refractivity contribution in [3.63, 3.8) is 0 Å². The summed E-state index contributed by atoms with van der Waals surface area (Å²) in [6, 6.07) is 4.41. The SMILES string of the molecule is CCN1CCN(S(=O)(=O)c2ccc3c(c2)NC(=O)CO3)C[C@@H]1c1ncc[nH]1. The third kappa shape index (κ3) is 3.31. The second-order valence-electron chi connectivity index (χ2n) is 6.48. The Bertz CT molecular complexity index is 944. The number of fused-ring (bicyclic) bond motifs is 1. The largest absolute Gasteiger partial charge is 0.482 e. The van der Waals surface area contributed by atoms with E-state index in [-0.39, 0.29) is 23.5 Å². The van der Waals surface area contributed by atoms with Crippen molar-refractivity contribution in [2.24, 2.45) is 0 Å². The minimum Gasteiger partial charge on any atom is -0.482 e. The lowest BCUT2D eigenvalue weighted by Gasteiger charge is -2.39. The monoisotopic (exact) mass is 391 g/mol. The molecule has 1 aromatic heterocycles. The van der Waals surface area contributed by atoms with Crippen LogP contribution in [-0.4, -0.2) is 66.3 Å². The molecule has 1 fully saturated rings. The number of likely N-dealkylation sites (N-methyl/N-ethyl adjacent to an activating group) is 1. The molecule has 2 aliphatic heterocycles. The Hall–Kier alpha value is -2.43. The second-order valence-corrected chi connectivity index (χ2v) is 8.41. The van der Waals surface area contributed by atoms with E-state index in [4.69, 9.17) is 4.74 Å². The molecule has 1 atom stereocenters. The van der Waals surface area contributed by atoms with Gasteiger partial charge in [-0.25, -0.2) is 13.4 Å². The number of aromatic nitrogens is 2. The van der Waals surface area contributed by atoms with Gasteiger partial charge in [0.1, 0.15) is 11.6 Å². The third-order valence-corrected chi connectivity index (χ3v) is 6.78. The summed E-state index contributed by atoms with van der Waals surface area (Å²) in [6.45, 7) is 4.11. The van der Waals surface area contributed by atoms with Gasteiger partial charge in [0.05, 0.1) is 16.6 Å². The fourth-order valence-electron chi connectivity index (χ4n) is 3.48. The van der Waals surface area contributed by atoms with Gasteiger partial charge in [0.15, 0.2) is 6.61 Å². The summed E-state index contributed by atoms with van der Waals surface area (Å²) in [5.74, 6) is 0.923. The van der Waals surface area contributed by atoms with Crippen LogP contribution in [0, 0.1) is 0 Å². The average molecular weight is 391 g/mol. The summed E-state index contributed by atoms with van der Waals surface area (Å²) in [4.78, 5) is 21.3. The molecule has 27 heavy (non-hydrogen) atoms. The summed E-state index contributed by atoms with van der Waals surface area (Å²) < 4.78 is 33.2. The number of ether oxygens (including phenoxy) is 1. The lowest BCUT2D eigenvalue weighted by molar-refractivity contribution is -0.118. The fraction of sp³-hybridized carbons (Fsp3) is 0.412. The highest BCUT2D eigenvalue weighted by Gasteiger charge is 2.36. The van der Waals surface area contributed by atoms with Crippen molar-refractivity contribution in [3.05, 3.63) is 36.4 Å². The number of piperazine rings is 1. The molecule has 0 radical (unpaired) electrons. The van der Waals surface area contributed by atoms with Crippen molar-refractivity contribution in [3.8, 4) is 5.75 Å². The van der Waals surface area contributed by atoms with Gasteiger partial charge in [0.25, 0.3) is 5.91 Å². The van der Waals surface area contributed by atoms with Crippen molar-refractivity contribution < 1.29 is 17.9 Å². The molecular weight excluding hydrogens is 370 g/mol. The van der Waals surface area contributed by atoms with Gasteiger partial charge < -0.3 is 15.0 Å². The number of sulfonamides is 1. The van der Waals surface area contributed by atoms with E-state index >= 15 is 0 Å². The number of anilines is 1. The molecule has 1 aromatic carbocycles. The topological polar surface area (TPSA) is 108 Å². The highest BCUT2D eigenvalue weighted by molar-refractivity contribution is 7.89. The van der Waals surface area contributed by atoms with Crippen LogP contribution in [0.1, 0.15) is 18.8 Å². The normalized spacial score (nSPS) is 21.4. The van der Waals surface area contributed by atoms with Gasteiger partial charge in [-0.3, -0.25) is 9.69 Å². The van der Waals surface area contributed by atoms with Crippen molar-refractivity contribution >= 4 is 21.6 Å². The Morgan fingerprint density at radius 3 is 2.93 bits per heavy atom. The van der Waals surface area contributed by atoms with Crippen LogP contribution in [0.5, 0.6) is 5.75 Å². The van der Waals surface area contributed by atoms with E-state index in [0.29, 0.717) is 31.1 Å². The second kappa shape index (κ2) is 6.95. The summed E-state index contributed by atoms with van der Waals surface area (Å²) in [5, 5.41) is 2.65. The van der Waals surface area contributed by atoms with E-state index in [0.717, 1.165) is 12.4 Å². The van der Waals surface area contributed by atoms with Gasteiger partial charge >= 0.3 is 0 Å². The van der Waals surface area contributed by atoms with Gasteiger partial charge in [-0.05, 0) is 24.7 Å². The number of nitrogens with zero attached hydrogens (tertiary/aromatic N) is 3. The number of nitrogens with one attached hydrogen (secondary N) is 2. The highest BCUT2D eigenvalue weighted by atomic mass is 32.2. The zero-order chi connectivity index (χ0) is 19.0. The molecule has 1 amide bonds. The van der Waals surface area contributed by atoms with Crippen molar-refractivity contribution in [2.75, 3.05) is 38.1 Å². The van der Waals surface area contributed by atoms with Crippen LogP contribution in [0.25, 0.3) is 0 Å². The minimum absolute atomic E-state index is 0.0666. The molecule has 0 unspecified atom stereocenters. The van der Waals surface area contributed by atoms with E-state index in [1.54, 1.807) is 18.5 Å². The predicted molar refractivity (Wildman–Crippen MR) is 97.9 cm³/mol. The van der Waals surface area contributed by atoms with Crippen LogP contribution in [0.3, 0.4) is 0 Å². The molecular formula is C17H21N5O4S. The molecule has 10 heteroatoms. The molecule has 9 nitrogen and oxygen atoms in total. The fourth-order valence-corrected chi connectivity index (χ4v) is 4.95. The number of carbonyl (C=O) groups excluding carboxylic acids is 1. The van der Waals surface area contributed by atoms with Crippen molar-refractivity contribution in [2.45, 2.75) is 17.9 Å². The van der Waals surface area contributed by atoms with Crippen LogP contribution in [-0.2, 0) is 14.8 Å². The number of amides is 1. The maximum absolute atomic E-state index is 13.2. The summed E-state index contributed by atoms with van der Waals surface area (Å²) >= 11 is 0. The van der Waals surface area contributed by atoms with E-state index in [1.165, 1.54) is 16.4 Å². The molecule has 0 saturated carbocycles. The number of H-pyrrole nitrogens is 1. The zero-order valence-corrected chi connectivity index (χ0v) is 15.7. The van der Waals surface area contributed by atoms with Crippen LogP contribution in [0.4, 0.5) is 5.69 Å². The third-order valence-electron chi connectivity index (χ3n) is 4.92. The first kappa shape index (κ1) is 18.0. The summed E-state index contributed by atoms with van der Waals surface area (Å²) in [7, 11) is -3.71. The van der Waals surface area contributed by atoms with E-state index in [2.05, 4.69) is 20.2 Å². The quantitative estimate of drug-likeness (QED) is 0.799. The lowest BCUT2D eigenvalue weighted by Crippen LogP contribution is -2.50. The average Bonchev–Trinajstić information content (AvgIpc) is 3.21. The first-order valence-electron chi connectivity index (χ1n) is 8.79. The van der Waals surface area contributed by atoms with Gasteiger partial charge in [-0.15, -0.1) is 0 Å². The van der Waals surface area contributed by atoms with E-state index in [9.17, 15) is 13.2 Å². The maximum atomic E-state index is 13.2. The van der Waals surface area contributed by atoms with Crippen LogP contribution in [0.15, 0.2) is 35.5 Å². The number of carbonyl (C=O) groups is 1. The Labute approximate surface area is 157 Å². The van der Waals surface area contributed by atoms with Crippen LogP contribution in [0.2, 0.25) is 0 Å². The smallest absolute Gasteiger partial charge is 0.262 e. The van der Waals surface area contributed by atoms with Crippen LogP contribution >= 0.6 is 0 Å². The molecule has 3 heterocycles.